The topological polar surface area (TPSA) is 93.4 Å². The third-order valence-corrected chi connectivity index (χ3v) is 5.69. The molecule has 1 aromatic heterocycles. The normalized spacial score (nSPS) is 11.3. The molecule has 1 amide bonds. The summed E-state index contributed by atoms with van der Waals surface area (Å²) < 4.78 is 28.4. The summed E-state index contributed by atoms with van der Waals surface area (Å²) in [6.45, 7) is 1.27. The molecule has 29 heavy (non-hydrogen) atoms. The van der Waals surface area contributed by atoms with E-state index in [0.29, 0.717) is 17.1 Å². The summed E-state index contributed by atoms with van der Waals surface area (Å²) in [5, 5.41) is 2.58. The highest BCUT2D eigenvalue weighted by Crippen LogP contribution is 2.18. The number of carbonyl (C=O) groups excluding carboxylic acids is 1. The third-order valence-electron chi connectivity index (χ3n) is 4.55. The minimum absolute atomic E-state index is 0.114. The molecule has 0 unspecified atom stereocenters. The largest absolute Gasteiger partial charge is 0.318 e. The first-order valence-corrected chi connectivity index (χ1v) is 10.7. The molecule has 0 spiro atoms. The van der Waals surface area contributed by atoms with Crippen LogP contribution in [0.2, 0.25) is 0 Å². The van der Waals surface area contributed by atoms with Crippen molar-refractivity contribution in [3.63, 3.8) is 0 Å². The summed E-state index contributed by atoms with van der Waals surface area (Å²) in [5.41, 5.74) is 1.30. The Hall–Kier alpha value is -3.33. The van der Waals surface area contributed by atoms with Crippen molar-refractivity contribution in [1.29, 1.82) is 0 Å². The number of nitrogens with zero attached hydrogens (tertiary/aromatic N) is 3. The van der Waals surface area contributed by atoms with Gasteiger partial charge in [-0.25, -0.2) is 13.1 Å². The van der Waals surface area contributed by atoms with Gasteiger partial charge in [0.05, 0.1) is 23.3 Å². The van der Waals surface area contributed by atoms with Gasteiger partial charge in [-0.3, -0.25) is 18.6 Å². The highest BCUT2D eigenvalue weighted by molar-refractivity contribution is 7.92. The van der Waals surface area contributed by atoms with E-state index in [2.05, 4.69) is 5.32 Å². The first-order valence-electron chi connectivity index (χ1n) is 8.87. The summed E-state index contributed by atoms with van der Waals surface area (Å²) in [4.78, 5) is 25.5. The quantitative estimate of drug-likeness (QED) is 0.667. The molecular formula is C20H22N4O4S. The fraction of sp³-hybridized carbons (Fsp3) is 0.200. The Labute approximate surface area is 169 Å². The molecule has 0 fully saturated rings. The molecular weight excluding hydrogens is 392 g/mol. The fourth-order valence-corrected chi connectivity index (χ4v) is 3.87. The van der Waals surface area contributed by atoms with Gasteiger partial charge in [0.25, 0.3) is 5.56 Å². The zero-order valence-electron chi connectivity index (χ0n) is 16.4. The molecule has 3 rings (SSSR count). The molecule has 3 aromatic rings. The minimum atomic E-state index is -3.69. The Morgan fingerprint density at radius 2 is 1.59 bits per heavy atom. The maximum absolute atomic E-state index is 12.9. The van der Waals surface area contributed by atoms with Crippen LogP contribution >= 0.6 is 0 Å². The Kier molecular flexibility index (Phi) is 5.60. The van der Waals surface area contributed by atoms with Crippen LogP contribution in [0.5, 0.6) is 0 Å². The molecule has 0 bridgehead atoms. The maximum Gasteiger partial charge on any atom is 0.295 e. The van der Waals surface area contributed by atoms with Gasteiger partial charge in [-0.15, -0.1) is 0 Å². The monoisotopic (exact) mass is 414 g/mol. The molecule has 152 valence electrons. The van der Waals surface area contributed by atoms with E-state index >= 15 is 0 Å². The lowest BCUT2D eigenvalue weighted by atomic mass is 10.3. The number of hydrogen-bond donors (Lipinski definition) is 1. The second-order valence-electron chi connectivity index (χ2n) is 6.59. The second-order valence-corrected chi connectivity index (χ2v) is 8.50. The van der Waals surface area contributed by atoms with Crippen molar-refractivity contribution in [3.05, 3.63) is 76.7 Å². The third kappa shape index (κ3) is 4.24. The lowest BCUT2D eigenvalue weighted by Gasteiger charge is -2.21. The molecule has 8 nitrogen and oxygen atoms in total. The Balaban J connectivity index is 1.90. The van der Waals surface area contributed by atoms with Gasteiger partial charge in [-0.05, 0) is 31.2 Å². The Morgan fingerprint density at radius 3 is 2.14 bits per heavy atom. The maximum atomic E-state index is 12.9. The van der Waals surface area contributed by atoms with E-state index in [4.69, 9.17) is 0 Å². The van der Waals surface area contributed by atoms with Crippen molar-refractivity contribution < 1.29 is 13.2 Å². The number of rotatable bonds is 6. The van der Waals surface area contributed by atoms with Gasteiger partial charge >= 0.3 is 0 Å². The van der Waals surface area contributed by atoms with Crippen molar-refractivity contribution in [2.75, 3.05) is 22.4 Å². The van der Waals surface area contributed by atoms with Gasteiger partial charge in [0.1, 0.15) is 12.2 Å². The van der Waals surface area contributed by atoms with Crippen molar-refractivity contribution in [1.82, 2.24) is 9.36 Å². The number of carbonyl (C=O) groups is 1. The molecule has 0 saturated carbocycles. The van der Waals surface area contributed by atoms with Crippen molar-refractivity contribution in [2.45, 2.75) is 6.92 Å². The van der Waals surface area contributed by atoms with Crippen LogP contribution in [-0.4, -0.2) is 36.5 Å². The van der Waals surface area contributed by atoms with Crippen LogP contribution in [-0.2, 0) is 21.9 Å². The Bertz CT molecular complexity index is 1180. The Morgan fingerprint density at radius 1 is 1.03 bits per heavy atom. The number of hydrogen-bond acceptors (Lipinski definition) is 4. The molecule has 0 aliphatic carbocycles. The first kappa shape index (κ1) is 20.4. The van der Waals surface area contributed by atoms with Crippen molar-refractivity contribution >= 4 is 27.3 Å². The first-order chi connectivity index (χ1) is 13.7. The molecule has 0 aliphatic rings. The van der Waals surface area contributed by atoms with Crippen LogP contribution in [0.25, 0.3) is 5.69 Å². The zero-order valence-corrected chi connectivity index (χ0v) is 17.2. The van der Waals surface area contributed by atoms with E-state index in [0.717, 1.165) is 10.6 Å². The van der Waals surface area contributed by atoms with Crippen LogP contribution in [0.15, 0.2) is 65.5 Å². The fourth-order valence-electron chi connectivity index (χ4n) is 3.02. The smallest absolute Gasteiger partial charge is 0.295 e. The van der Waals surface area contributed by atoms with Crippen molar-refractivity contribution in [3.8, 4) is 5.69 Å². The predicted molar refractivity (Wildman–Crippen MR) is 113 cm³/mol. The summed E-state index contributed by atoms with van der Waals surface area (Å²) in [7, 11) is -1.97. The van der Waals surface area contributed by atoms with Gasteiger partial charge in [0.2, 0.25) is 15.9 Å². The number of anilines is 2. The van der Waals surface area contributed by atoms with Crippen LogP contribution in [0.4, 0.5) is 11.4 Å². The number of nitrogens with one attached hydrogen (secondary N) is 1. The van der Waals surface area contributed by atoms with Gasteiger partial charge in [0.15, 0.2) is 0 Å². The summed E-state index contributed by atoms with van der Waals surface area (Å²) in [6, 6.07) is 17.4. The molecule has 9 heteroatoms. The standard InChI is InChI=1S/C20H22N4O4S/c1-15-19(20(26)24(22(15)2)17-12-8-5-9-13-17)21-18(25)14-23(29(3,27)28)16-10-6-4-7-11-16/h4-13H,14H2,1-3H3,(H,21,25). The van der Waals surface area contributed by atoms with E-state index in [1.54, 1.807) is 61.1 Å². The van der Waals surface area contributed by atoms with Crippen LogP contribution in [0.1, 0.15) is 5.69 Å². The van der Waals surface area contributed by atoms with Gasteiger partial charge in [-0.1, -0.05) is 36.4 Å². The van der Waals surface area contributed by atoms with E-state index in [1.165, 1.54) is 4.68 Å². The average molecular weight is 414 g/mol. The van der Waals surface area contributed by atoms with Crippen LogP contribution in [0.3, 0.4) is 0 Å². The van der Waals surface area contributed by atoms with Gasteiger partial charge in [0, 0.05) is 7.05 Å². The van der Waals surface area contributed by atoms with Gasteiger partial charge in [-0.2, -0.15) is 0 Å². The zero-order chi connectivity index (χ0) is 21.2. The predicted octanol–water partition coefficient (Wildman–Crippen LogP) is 1.89. The van der Waals surface area contributed by atoms with E-state index < -0.39 is 28.0 Å². The van der Waals surface area contributed by atoms with E-state index in [1.807, 2.05) is 18.2 Å². The number of para-hydroxylation sites is 2. The lowest BCUT2D eigenvalue weighted by molar-refractivity contribution is -0.114. The number of aromatic nitrogens is 2. The average Bonchev–Trinajstić information content (AvgIpc) is 2.90. The highest BCUT2D eigenvalue weighted by atomic mass is 32.2. The number of sulfonamides is 1. The molecule has 0 saturated heterocycles. The van der Waals surface area contributed by atoms with Gasteiger partial charge < -0.3 is 5.32 Å². The van der Waals surface area contributed by atoms with Crippen molar-refractivity contribution in [2.24, 2.45) is 7.05 Å². The highest BCUT2D eigenvalue weighted by Gasteiger charge is 2.23. The molecule has 0 atom stereocenters. The minimum Gasteiger partial charge on any atom is -0.318 e. The molecule has 1 N–H and O–H groups in total. The van der Waals surface area contributed by atoms with Crippen LogP contribution in [0, 0.1) is 6.92 Å². The molecule has 0 radical (unpaired) electrons. The second kappa shape index (κ2) is 7.96. The molecule has 1 heterocycles. The number of amides is 1. The summed E-state index contributed by atoms with van der Waals surface area (Å²) in [5.74, 6) is -0.606. The summed E-state index contributed by atoms with van der Waals surface area (Å²) in [6.07, 6.45) is 1.03. The molecule has 2 aromatic carbocycles. The molecule has 0 aliphatic heterocycles. The summed E-state index contributed by atoms with van der Waals surface area (Å²) >= 11 is 0. The SMILES string of the molecule is Cc1c(NC(=O)CN(c2ccccc2)S(C)(=O)=O)c(=O)n(-c2ccccc2)n1C. The van der Waals surface area contributed by atoms with E-state index in [9.17, 15) is 18.0 Å². The lowest BCUT2D eigenvalue weighted by Crippen LogP contribution is -2.38. The van der Waals surface area contributed by atoms with Crippen LogP contribution < -0.4 is 15.2 Å². The number of benzene rings is 2. The van der Waals surface area contributed by atoms with E-state index in [-0.39, 0.29) is 5.69 Å².